The minimum atomic E-state index is -0.401. The van der Waals surface area contributed by atoms with E-state index in [1.165, 1.54) is 11.3 Å². The summed E-state index contributed by atoms with van der Waals surface area (Å²) in [6.07, 6.45) is 1.67. The Morgan fingerprint density at radius 3 is 3.10 bits per heavy atom. The number of hydrogen-bond acceptors (Lipinski definition) is 6. The predicted octanol–water partition coefficient (Wildman–Crippen LogP) is 1.46. The molecule has 0 radical (unpaired) electrons. The van der Waals surface area contributed by atoms with Crippen molar-refractivity contribution in [3.63, 3.8) is 0 Å². The van der Waals surface area contributed by atoms with Crippen LogP contribution in [0, 0.1) is 0 Å². The van der Waals surface area contributed by atoms with Crippen LogP contribution < -0.4 is 5.32 Å². The molecule has 0 aromatic carbocycles. The molecule has 3 heterocycles. The molecule has 1 N–H and O–H groups in total. The number of hydrogen-bond donors (Lipinski definition) is 1. The number of carbonyl (C=O) groups is 1. The third-order valence-electron chi connectivity index (χ3n) is 2.71. The fourth-order valence-corrected chi connectivity index (χ4v) is 2.29. The molecule has 0 unspecified atom stereocenters. The average Bonchev–Trinajstić information content (AvgIpc) is 3.17. The highest BCUT2D eigenvalue weighted by molar-refractivity contribution is 7.13. The first-order valence-electron chi connectivity index (χ1n) is 5.86. The first-order valence-corrected chi connectivity index (χ1v) is 6.74. The SMILES string of the molecule is Cn1nccc1CNC(=O)c1nc(-c2cccs2)no1. The van der Waals surface area contributed by atoms with Crippen molar-refractivity contribution in [3.05, 3.63) is 41.4 Å². The lowest BCUT2D eigenvalue weighted by Crippen LogP contribution is -2.24. The minimum absolute atomic E-state index is 0.0458. The Morgan fingerprint density at radius 1 is 1.50 bits per heavy atom. The van der Waals surface area contributed by atoms with Gasteiger partial charge in [-0.25, -0.2) is 0 Å². The Balaban J connectivity index is 1.67. The van der Waals surface area contributed by atoms with E-state index in [0.717, 1.165) is 10.6 Å². The van der Waals surface area contributed by atoms with Crippen LogP contribution in [-0.2, 0) is 13.6 Å². The molecule has 0 spiro atoms. The number of amides is 1. The normalized spacial score (nSPS) is 10.7. The molecule has 3 rings (SSSR count). The van der Waals surface area contributed by atoms with Crippen LogP contribution in [0.3, 0.4) is 0 Å². The van der Waals surface area contributed by atoms with Gasteiger partial charge in [0.25, 0.3) is 0 Å². The van der Waals surface area contributed by atoms with Crippen LogP contribution in [0.4, 0.5) is 0 Å². The molecular formula is C12H11N5O2S. The van der Waals surface area contributed by atoms with Gasteiger partial charge in [-0.05, 0) is 17.5 Å². The van der Waals surface area contributed by atoms with E-state index in [2.05, 4.69) is 20.6 Å². The van der Waals surface area contributed by atoms with Crippen LogP contribution in [0.2, 0.25) is 0 Å². The topological polar surface area (TPSA) is 85.8 Å². The van der Waals surface area contributed by atoms with E-state index >= 15 is 0 Å². The fourth-order valence-electron chi connectivity index (χ4n) is 1.64. The number of rotatable bonds is 4. The van der Waals surface area contributed by atoms with Crippen molar-refractivity contribution in [1.29, 1.82) is 0 Å². The van der Waals surface area contributed by atoms with E-state index in [0.29, 0.717) is 12.4 Å². The Kier molecular flexibility index (Phi) is 3.30. The summed E-state index contributed by atoms with van der Waals surface area (Å²) < 4.78 is 6.65. The second kappa shape index (κ2) is 5.25. The third kappa shape index (κ3) is 2.45. The van der Waals surface area contributed by atoms with Gasteiger partial charge in [0.1, 0.15) is 0 Å². The van der Waals surface area contributed by atoms with Crippen LogP contribution in [0.5, 0.6) is 0 Å². The zero-order valence-corrected chi connectivity index (χ0v) is 11.4. The van der Waals surface area contributed by atoms with Crippen LogP contribution >= 0.6 is 11.3 Å². The lowest BCUT2D eigenvalue weighted by atomic mass is 10.4. The van der Waals surface area contributed by atoms with Crippen LogP contribution in [0.1, 0.15) is 16.4 Å². The van der Waals surface area contributed by atoms with E-state index in [4.69, 9.17) is 4.52 Å². The van der Waals surface area contributed by atoms with E-state index in [1.807, 2.05) is 30.6 Å². The van der Waals surface area contributed by atoms with E-state index < -0.39 is 5.91 Å². The highest BCUT2D eigenvalue weighted by Crippen LogP contribution is 2.21. The van der Waals surface area contributed by atoms with Crippen LogP contribution in [0.15, 0.2) is 34.3 Å². The van der Waals surface area contributed by atoms with Gasteiger partial charge < -0.3 is 9.84 Å². The summed E-state index contributed by atoms with van der Waals surface area (Å²) in [6, 6.07) is 5.58. The zero-order chi connectivity index (χ0) is 13.9. The molecule has 3 aromatic heterocycles. The predicted molar refractivity (Wildman–Crippen MR) is 72.0 cm³/mol. The molecule has 7 nitrogen and oxygen atoms in total. The monoisotopic (exact) mass is 289 g/mol. The Morgan fingerprint density at radius 2 is 2.40 bits per heavy atom. The van der Waals surface area contributed by atoms with Gasteiger partial charge in [0.05, 0.1) is 17.1 Å². The molecule has 0 saturated carbocycles. The van der Waals surface area contributed by atoms with Crippen molar-refractivity contribution >= 4 is 17.2 Å². The van der Waals surface area contributed by atoms with E-state index in [9.17, 15) is 4.79 Å². The Labute approximate surface area is 118 Å². The molecule has 0 saturated heterocycles. The Hall–Kier alpha value is -2.48. The summed E-state index contributed by atoms with van der Waals surface area (Å²) in [4.78, 5) is 16.8. The van der Waals surface area contributed by atoms with Crippen LogP contribution in [0.25, 0.3) is 10.7 Å². The number of carbonyl (C=O) groups excluding carboxylic acids is 1. The van der Waals surface area contributed by atoms with Gasteiger partial charge in [0.2, 0.25) is 5.82 Å². The molecule has 3 aromatic rings. The molecule has 8 heteroatoms. The summed E-state index contributed by atoms with van der Waals surface area (Å²) in [5.41, 5.74) is 0.886. The second-order valence-electron chi connectivity index (χ2n) is 4.03. The first-order chi connectivity index (χ1) is 9.74. The summed E-state index contributed by atoms with van der Waals surface area (Å²) in [5, 5.41) is 12.4. The second-order valence-corrected chi connectivity index (χ2v) is 4.98. The number of nitrogens with zero attached hydrogens (tertiary/aromatic N) is 4. The van der Waals surface area contributed by atoms with Crippen molar-refractivity contribution in [3.8, 4) is 10.7 Å². The van der Waals surface area contributed by atoms with Gasteiger partial charge in [0.15, 0.2) is 0 Å². The summed E-state index contributed by atoms with van der Waals surface area (Å²) >= 11 is 1.49. The fraction of sp³-hybridized carbons (Fsp3) is 0.167. The lowest BCUT2D eigenvalue weighted by molar-refractivity contribution is 0.0906. The highest BCUT2D eigenvalue weighted by atomic mass is 32.1. The molecule has 1 amide bonds. The summed E-state index contributed by atoms with van der Waals surface area (Å²) in [5.74, 6) is -0.0252. The molecule has 0 aliphatic carbocycles. The summed E-state index contributed by atoms with van der Waals surface area (Å²) in [7, 11) is 1.81. The van der Waals surface area contributed by atoms with Gasteiger partial charge in [-0.1, -0.05) is 11.2 Å². The van der Waals surface area contributed by atoms with Gasteiger partial charge in [0, 0.05) is 13.2 Å². The molecular weight excluding hydrogens is 278 g/mol. The maximum atomic E-state index is 11.9. The number of aromatic nitrogens is 4. The lowest BCUT2D eigenvalue weighted by Gasteiger charge is -2.02. The van der Waals surface area contributed by atoms with Crippen molar-refractivity contribution < 1.29 is 9.32 Å². The van der Waals surface area contributed by atoms with Gasteiger partial charge in [-0.15, -0.1) is 11.3 Å². The zero-order valence-electron chi connectivity index (χ0n) is 10.6. The molecule has 0 aliphatic rings. The first kappa shape index (κ1) is 12.5. The minimum Gasteiger partial charge on any atom is -0.342 e. The maximum absolute atomic E-state index is 11.9. The van der Waals surface area contributed by atoms with Crippen LogP contribution in [-0.4, -0.2) is 25.8 Å². The molecule has 102 valence electrons. The highest BCUT2D eigenvalue weighted by Gasteiger charge is 2.16. The summed E-state index contributed by atoms with van der Waals surface area (Å²) in [6.45, 7) is 0.353. The smallest absolute Gasteiger partial charge is 0.316 e. The largest absolute Gasteiger partial charge is 0.342 e. The third-order valence-corrected chi connectivity index (χ3v) is 3.58. The molecule has 0 aliphatic heterocycles. The standard InChI is InChI=1S/C12H11N5O2S/c1-17-8(4-5-14-17)7-13-11(18)12-15-10(16-19-12)9-3-2-6-20-9/h2-6H,7H2,1H3,(H,13,18). The van der Waals surface area contributed by atoms with Gasteiger partial charge >= 0.3 is 11.8 Å². The van der Waals surface area contributed by atoms with Crippen molar-refractivity contribution in [1.82, 2.24) is 25.2 Å². The molecule has 0 bridgehead atoms. The van der Waals surface area contributed by atoms with Gasteiger partial charge in [-0.3, -0.25) is 9.48 Å². The van der Waals surface area contributed by atoms with Gasteiger partial charge in [-0.2, -0.15) is 10.1 Å². The van der Waals surface area contributed by atoms with Crippen molar-refractivity contribution in [2.24, 2.45) is 7.05 Å². The average molecular weight is 289 g/mol. The number of thiophene rings is 1. The Bertz CT molecular complexity index is 716. The molecule has 20 heavy (non-hydrogen) atoms. The number of nitrogens with one attached hydrogen (secondary N) is 1. The van der Waals surface area contributed by atoms with Crippen molar-refractivity contribution in [2.75, 3.05) is 0 Å². The molecule has 0 atom stereocenters. The molecule has 0 fully saturated rings. The maximum Gasteiger partial charge on any atom is 0.316 e. The quantitative estimate of drug-likeness (QED) is 0.786. The van der Waals surface area contributed by atoms with E-state index in [1.54, 1.807) is 10.9 Å². The number of aryl methyl sites for hydroxylation is 1. The van der Waals surface area contributed by atoms with E-state index in [-0.39, 0.29) is 5.89 Å². The van der Waals surface area contributed by atoms with Crippen molar-refractivity contribution in [2.45, 2.75) is 6.54 Å².